The van der Waals surface area contributed by atoms with Crippen molar-refractivity contribution in [2.24, 2.45) is 4.99 Å². The number of aliphatic hydroxyl groups excluding tert-OH is 1. The van der Waals surface area contributed by atoms with Gasteiger partial charge in [-0.25, -0.2) is 15.0 Å². The van der Waals surface area contributed by atoms with E-state index in [1.165, 1.54) is 0 Å². The Labute approximate surface area is 197 Å². The third kappa shape index (κ3) is 6.69. The quantitative estimate of drug-likeness (QED) is 0.248. The Kier molecular flexibility index (Phi) is 8.17. The van der Waals surface area contributed by atoms with Crippen LogP contribution in [-0.2, 0) is 11.2 Å². The summed E-state index contributed by atoms with van der Waals surface area (Å²) in [7, 11) is 1.32. The van der Waals surface area contributed by atoms with E-state index in [1.807, 2.05) is 48.4 Å². The highest BCUT2D eigenvalue weighted by Crippen LogP contribution is 2.35. The van der Waals surface area contributed by atoms with Crippen molar-refractivity contribution in [2.75, 3.05) is 44.9 Å². The largest absolute Gasteiger partial charge is 0.382 e. The number of pyridine rings is 1. The van der Waals surface area contributed by atoms with Gasteiger partial charge < -0.3 is 14.7 Å². The monoisotopic (exact) mass is 473 g/mol. The molecule has 1 N–H and O–H groups in total. The maximum atomic E-state index is 11.2. The lowest BCUT2D eigenvalue weighted by molar-refractivity contribution is 0.0895. The van der Waals surface area contributed by atoms with Crippen molar-refractivity contribution in [1.29, 1.82) is 0 Å². The fourth-order valence-electron chi connectivity index (χ4n) is 3.33. The van der Waals surface area contributed by atoms with E-state index in [0.29, 0.717) is 29.4 Å². The van der Waals surface area contributed by atoms with Crippen molar-refractivity contribution in [3.05, 3.63) is 76.2 Å². The second-order valence-electron chi connectivity index (χ2n) is 8.84. The minimum atomic E-state index is -0.978. The Hall–Kier alpha value is -2.12. The molecule has 32 heavy (non-hydrogen) atoms. The Bertz CT molecular complexity index is 1030. The van der Waals surface area contributed by atoms with Crippen LogP contribution in [-0.4, -0.2) is 72.3 Å². The van der Waals surface area contributed by atoms with Gasteiger partial charge in [0, 0.05) is 30.4 Å². The minimum Gasteiger partial charge on any atom is -0.382 e. The summed E-state index contributed by atoms with van der Waals surface area (Å²) in [6.07, 6.45) is 11.9. The first-order valence-corrected chi connectivity index (χ1v) is 13.8. The summed E-state index contributed by atoms with van der Waals surface area (Å²) in [4.78, 5) is 10.8. The standard InChI is InChI=1S/C25H32ClN3O2S/c1-18(28-16-29(2)17-31-11-12-32(3,4)5)25(30)23-13-20-7-6-10-27-24(20)14-19-8-9-21(26)15-22(19)23/h6-10,13,15-16,25,30H,1,11-12,14,17H2,2-5H3. The Balaban J connectivity index is 1.75. The molecule has 1 aliphatic rings. The average Bonchev–Trinajstić information content (AvgIpc) is 2.90. The SMILES string of the molecule is C=C(N=CN(C)COCCS(C)(C)C)C(O)C1=Cc2cccnc2Cc2ccc(Cl)cc21. The smallest absolute Gasteiger partial charge is 0.121 e. The maximum Gasteiger partial charge on any atom is 0.121 e. The third-order valence-electron chi connectivity index (χ3n) is 5.14. The number of fused-ring (bicyclic) bond motifs is 2. The zero-order valence-corrected chi connectivity index (χ0v) is 20.8. The summed E-state index contributed by atoms with van der Waals surface area (Å²) < 4.78 is 5.73. The molecule has 7 heteroatoms. The van der Waals surface area contributed by atoms with Gasteiger partial charge in [0.2, 0.25) is 0 Å². The van der Waals surface area contributed by atoms with Crippen LogP contribution >= 0.6 is 21.6 Å². The molecule has 1 aliphatic carbocycles. The van der Waals surface area contributed by atoms with E-state index in [9.17, 15) is 5.11 Å². The highest BCUT2D eigenvalue weighted by Gasteiger charge is 2.23. The first kappa shape index (κ1) is 24.5. The molecule has 0 bridgehead atoms. The first-order valence-electron chi connectivity index (χ1n) is 10.4. The number of aliphatic imine (C=N–C) groups is 1. The molecule has 0 aliphatic heterocycles. The number of aliphatic hydroxyl groups is 1. The van der Waals surface area contributed by atoms with Crippen LogP contribution in [0.4, 0.5) is 0 Å². The lowest BCUT2D eigenvalue weighted by Gasteiger charge is -2.25. The van der Waals surface area contributed by atoms with Gasteiger partial charge in [0.25, 0.3) is 0 Å². The van der Waals surface area contributed by atoms with E-state index in [-0.39, 0.29) is 0 Å². The summed E-state index contributed by atoms with van der Waals surface area (Å²) in [5.41, 5.74) is 4.93. The lowest BCUT2D eigenvalue weighted by atomic mass is 9.94. The summed E-state index contributed by atoms with van der Waals surface area (Å²) in [5.74, 6) is 1.07. The summed E-state index contributed by atoms with van der Waals surface area (Å²) >= 11 is 6.29. The van der Waals surface area contributed by atoms with Crippen molar-refractivity contribution >= 4 is 39.6 Å². The molecule has 1 atom stereocenters. The fraction of sp³-hybridized carbons (Fsp3) is 0.360. The van der Waals surface area contributed by atoms with E-state index in [1.54, 1.807) is 12.5 Å². The van der Waals surface area contributed by atoms with Gasteiger partial charge in [-0.05, 0) is 65.3 Å². The van der Waals surface area contributed by atoms with Crippen molar-refractivity contribution < 1.29 is 9.84 Å². The van der Waals surface area contributed by atoms with Gasteiger partial charge in [0.15, 0.2) is 0 Å². The van der Waals surface area contributed by atoms with Crippen LogP contribution in [0.2, 0.25) is 5.02 Å². The van der Waals surface area contributed by atoms with E-state index < -0.39 is 16.1 Å². The number of hydrogen-bond acceptors (Lipinski definition) is 4. The molecule has 0 fully saturated rings. The van der Waals surface area contributed by atoms with Crippen LogP contribution in [0, 0.1) is 0 Å². The van der Waals surface area contributed by atoms with Gasteiger partial charge in [-0.2, -0.15) is 0 Å². The third-order valence-corrected chi connectivity index (χ3v) is 6.77. The average molecular weight is 474 g/mol. The molecule has 3 rings (SSSR count). The molecule has 2 aromatic rings. The summed E-state index contributed by atoms with van der Waals surface area (Å²) in [6, 6.07) is 9.62. The fourth-order valence-corrected chi connectivity index (χ4v) is 4.12. The Morgan fingerprint density at radius 2 is 2.16 bits per heavy atom. The van der Waals surface area contributed by atoms with Crippen LogP contribution in [0.15, 0.2) is 53.8 Å². The van der Waals surface area contributed by atoms with Crippen molar-refractivity contribution in [2.45, 2.75) is 12.5 Å². The van der Waals surface area contributed by atoms with Gasteiger partial charge in [-0.1, -0.05) is 30.3 Å². The molecule has 5 nitrogen and oxygen atoms in total. The van der Waals surface area contributed by atoms with Crippen LogP contribution in [0.1, 0.15) is 22.4 Å². The molecule has 1 aromatic heterocycles. The van der Waals surface area contributed by atoms with Crippen LogP contribution in [0.5, 0.6) is 0 Å². The van der Waals surface area contributed by atoms with Gasteiger partial charge in [0.05, 0.1) is 24.3 Å². The molecule has 0 saturated carbocycles. The maximum absolute atomic E-state index is 11.2. The van der Waals surface area contributed by atoms with Gasteiger partial charge in [0.1, 0.15) is 12.8 Å². The number of rotatable bonds is 9. The predicted molar refractivity (Wildman–Crippen MR) is 139 cm³/mol. The number of halogens is 1. The van der Waals surface area contributed by atoms with E-state index in [0.717, 1.165) is 34.7 Å². The first-order chi connectivity index (χ1) is 15.1. The molecule has 0 amide bonds. The Morgan fingerprint density at radius 1 is 1.38 bits per heavy atom. The van der Waals surface area contributed by atoms with Gasteiger partial charge in [-0.3, -0.25) is 4.98 Å². The molecule has 1 aromatic carbocycles. The van der Waals surface area contributed by atoms with Crippen molar-refractivity contribution in [3.63, 3.8) is 0 Å². The molecule has 0 saturated heterocycles. The van der Waals surface area contributed by atoms with E-state index in [2.05, 4.69) is 35.3 Å². The van der Waals surface area contributed by atoms with Crippen LogP contribution in [0.3, 0.4) is 0 Å². The molecular weight excluding hydrogens is 442 g/mol. The molecule has 172 valence electrons. The molecular formula is C25H32ClN3O2S. The lowest BCUT2D eigenvalue weighted by Crippen LogP contribution is -2.22. The number of ether oxygens (including phenoxy) is 1. The summed E-state index contributed by atoms with van der Waals surface area (Å²) in [6.45, 7) is 5.16. The van der Waals surface area contributed by atoms with Crippen LogP contribution in [0.25, 0.3) is 11.6 Å². The molecule has 1 unspecified atom stereocenters. The van der Waals surface area contributed by atoms with E-state index >= 15 is 0 Å². The zero-order chi connectivity index (χ0) is 23.3. The van der Waals surface area contributed by atoms with Crippen molar-refractivity contribution in [1.82, 2.24) is 9.88 Å². The zero-order valence-electron chi connectivity index (χ0n) is 19.2. The van der Waals surface area contributed by atoms with Crippen LogP contribution < -0.4 is 0 Å². The number of hydrogen-bond donors (Lipinski definition) is 1. The second kappa shape index (κ2) is 10.7. The molecule has 0 radical (unpaired) electrons. The highest BCUT2D eigenvalue weighted by molar-refractivity contribution is 8.32. The van der Waals surface area contributed by atoms with Gasteiger partial charge in [-0.15, -0.1) is 0 Å². The normalized spacial score (nSPS) is 14.9. The van der Waals surface area contributed by atoms with Gasteiger partial charge >= 0.3 is 0 Å². The summed E-state index contributed by atoms with van der Waals surface area (Å²) in [5, 5.41) is 11.8. The van der Waals surface area contributed by atoms with Crippen molar-refractivity contribution in [3.8, 4) is 0 Å². The predicted octanol–water partition coefficient (Wildman–Crippen LogP) is 4.68. The number of aromatic nitrogens is 1. The molecule has 1 heterocycles. The topological polar surface area (TPSA) is 58.0 Å². The number of benzene rings is 1. The minimum absolute atomic E-state index is 0.348. The molecule has 0 spiro atoms. The Morgan fingerprint density at radius 3 is 2.91 bits per heavy atom. The highest BCUT2D eigenvalue weighted by atomic mass is 35.5. The second-order valence-corrected chi connectivity index (χ2v) is 13.9. The number of nitrogens with zero attached hydrogens (tertiary/aromatic N) is 3. The van der Waals surface area contributed by atoms with E-state index in [4.69, 9.17) is 16.3 Å².